The molecule has 0 aromatic rings. The van der Waals surface area contributed by atoms with Gasteiger partial charge in [-0.2, -0.15) is 11.8 Å². The molecule has 0 fully saturated rings. The van der Waals surface area contributed by atoms with Gasteiger partial charge in [0.25, 0.3) is 0 Å². The second-order valence-corrected chi connectivity index (χ2v) is 3.95. The molecular formula is C8H19NO3S. The minimum Gasteiger partial charge on any atom is -0.396 e. The molecule has 0 heterocycles. The van der Waals surface area contributed by atoms with E-state index in [1.807, 2.05) is 7.05 Å². The van der Waals surface area contributed by atoms with Crippen LogP contribution >= 0.6 is 11.8 Å². The summed E-state index contributed by atoms with van der Waals surface area (Å²) in [5, 5.41) is 29.3. The molecule has 0 aromatic heterocycles. The molecule has 4 nitrogen and oxygen atoms in total. The summed E-state index contributed by atoms with van der Waals surface area (Å²) in [4.78, 5) is 0. The number of hydrogen-bond donors (Lipinski definition) is 4. The Morgan fingerprint density at radius 1 is 1.31 bits per heavy atom. The minimum absolute atomic E-state index is 0.175. The molecule has 5 heteroatoms. The Bertz CT molecular complexity index is 116. The van der Waals surface area contributed by atoms with Gasteiger partial charge in [-0.1, -0.05) is 0 Å². The zero-order valence-corrected chi connectivity index (χ0v) is 8.76. The summed E-state index contributed by atoms with van der Waals surface area (Å²) in [7, 11) is 1.85. The van der Waals surface area contributed by atoms with Crippen LogP contribution in [-0.2, 0) is 0 Å². The fourth-order valence-corrected chi connectivity index (χ4v) is 2.00. The SMILES string of the molecule is CNC(CCO)CSCC(O)CO. The van der Waals surface area contributed by atoms with Crippen molar-refractivity contribution in [2.75, 3.05) is 31.8 Å². The maximum atomic E-state index is 9.03. The Morgan fingerprint density at radius 2 is 2.00 bits per heavy atom. The lowest BCUT2D eigenvalue weighted by molar-refractivity contribution is 0.113. The predicted molar refractivity (Wildman–Crippen MR) is 55.0 cm³/mol. The minimum atomic E-state index is -0.628. The number of rotatable bonds is 8. The highest BCUT2D eigenvalue weighted by atomic mass is 32.2. The smallest absolute Gasteiger partial charge is 0.0861 e. The van der Waals surface area contributed by atoms with Gasteiger partial charge in [-0.15, -0.1) is 0 Å². The van der Waals surface area contributed by atoms with Crippen LogP contribution in [0.25, 0.3) is 0 Å². The van der Waals surface area contributed by atoms with Gasteiger partial charge in [0.2, 0.25) is 0 Å². The third-order valence-electron chi connectivity index (χ3n) is 1.73. The first-order valence-corrected chi connectivity index (χ1v) is 5.54. The van der Waals surface area contributed by atoms with E-state index in [-0.39, 0.29) is 19.3 Å². The van der Waals surface area contributed by atoms with E-state index in [1.165, 1.54) is 0 Å². The fraction of sp³-hybridized carbons (Fsp3) is 1.00. The van der Waals surface area contributed by atoms with Crippen LogP contribution in [0.15, 0.2) is 0 Å². The van der Waals surface area contributed by atoms with Crippen LogP contribution in [-0.4, -0.2) is 59.2 Å². The van der Waals surface area contributed by atoms with Gasteiger partial charge in [-0.05, 0) is 13.5 Å². The summed E-state index contributed by atoms with van der Waals surface area (Å²) < 4.78 is 0. The van der Waals surface area contributed by atoms with Gasteiger partial charge < -0.3 is 20.6 Å². The molecule has 0 bridgehead atoms. The van der Waals surface area contributed by atoms with Gasteiger partial charge in [0, 0.05) is 24.2 Å². The Morgan fingerprint density at radius 3 is 2.46 bits per heavy atom. The second kappa shape index (κ2) is 8.77. The van der Waals surface area contributed by atoms with Crippen molar-refractivity contribution in [2.24, 2.45) is 0 Å². The van der Waals surface area contributed by atoms with Crippen LogP contribution in [0.5, 0.6) is 0 Å². The van der Waals surface area contributed by atoms with Crippen molar-refractivity contribution in [1.82, 2.24) is 5.32 Å². The zero-order valence-electron chi connectivity index (χ0n) is 7.94. The first-order chi connectivity index (χ1) is 6.24. The maximum Gasteiger partial charge on any atom is 0.0861 e. The standard InChI is InChI=1S/C8H19NO3S/c1-9-7(2-3-10)5-13-6-8(12)4-11/h7-12H,2-6H2,1H3. The average molecular weight is 209 g/mol. The third kappa shape index (κ3) is 7.28. The number of hydrogen-bond acceptors (Lipinski definition) is 5. The van der Waals surface area contributed by atoms with Gasteiger partial charge in [0.15, 0.2) is 0 Å². The van der Waals surface area contributed by atoms with E-state index in [4.69, 9.17) is 15.3 Å². The molecule has 0 aliphatic carbocycles. The molecule has 4 N–H and O–H groups in total. The molecule has 0 spiro atoms. The van der Waals surface area contributed by atoms with Crippen molar-refractivity contribution in [3.8, 4) is 0 Å². The van der Waals surface area contributed by atoms with Crippen molar-refractivity contribution in [3.05, 3.63) is 0 Å². The van der Waals surface area contributed by atoms with Crippen LogP contribution in [0.1, 0.15) is 6.42 Å². The molecular weight excluding hydrogens is 190 g/mol. The number of thioether (sulfide) groups is 1. The topological polar surface area (TPSA) is 72.7 Å². The molecule has 0 aromatic carbocycles. The van der Waals surface area contributed by atoms with Crippen molar-refractivity contribution in [2.45, 2.75) is 18.6 Å². The lowest BCUT2D eigenvalue weighted by Crippen LogP contribution is -2.29. The molecule has 0 amide bonds. The van der Waals surface area contributed by atoms with E-state index < -0.39 is 6.10 Å². The molecule has 0 saturated heterocycles. The molecule has 80 valence electrons. The molecule has 0 rings (SSSR count). The first kappa shape index (κ1) is 13.2. The van der Waals surface area contributed by atoms with E-state index >= 15 is 0 Å². The van der Waals surface area contributed by atoms with E-state index in [9.17, 15) is 0 Å². The van der Waals surface area contributed by atoms with Crippen molar-refractivity contribution >= 4 is 11.8 Å². The van der Waals surface area contributed by atoms with Crippen molar-refractivity contribution in [3.63, 3.8) is 0 Å². The Hall–Kier alpha value is 0.190. The lowest BCUT2D eigenvalue weighted by Gasteiger charge is -2.15. The highest BCUT2D eigenvalue weighted by molar-refractivity contribution is 7.99. The molecule has 0 radical (unpaired) electrons. The molecule has 0 aliphatic heterocycles. The summed E-state index contributed by atoms with van der Waals surface area (Å²) in [6.07, 6.45) is 0.0928. The highest BCUT2D eigenvalue weighted by Crippen LogP contribution is 2.06. The summed E-state index contributed by atoms with van der Waals surface area (Å²) >= 11 is 1.57. The van der Waals surface area contributed by atoms with E-state index in [0.717, 1.165) is 12.2 Å². The van der Waals surface area contributed by atoms with E-state index in [1.54, 1.807) is 11.8 Å². The summed E-state index contributed by atoms with van der Waals surface area (Å²) in [6.45, 7) is -0.00809. The first-order valence-electron chi connectivity index (χ1n) is 4.39. The van der Waals surface area contributed by atoms with Gasteiger partial charge in [0.1, 0.15) is 0 Å². The summed E-state index contributed by atoms with van der Waals surface area (Å²) in [5.74, 6) is 1.38. The van der Waals surface area contributed by atoms with Gasteiger partial charge in [-0.3, -0.25) is 0 Å². The Labute approximate surface area is 83.3 Å². The third-order valence-corrected chi connectivity index (χ3v) is 2.98. The molecule has 0 aliphatic rings. The Kier molecular flexibility index (Phi) is 8.90. The Balaban J connectivity index is 3.37. The second-order valence-electron chi connectivity index (χ2n) is 2.87. The average Bonchev–Trinajstić information content (AvgIpc) is 2.16. The van der Waals surface area contributed by atoms with Crippen LogP contribution in [0.2, 0.25) is 0 Å². The number of nitrogens with one attached hydrogen (secondary N) is 1. The van der Waals surface area contributed by atoms with Gasteiger partial charge >= 0.3 is 0 Å². The van der Waals surface area contributed by atoms with Crippen molar-refractivity contribution < 1.29 is 15.3 Å². The van der Waals surface area contributed by atoms with Crippen LogP contribution in [0.4, 0.5) is 0 Å². The zero-order chi connectivity index (χ0) is 10.1. The van der Waals surface area contributed by atoms with E-state index in [2.05, 4.69) is 5.32 Å². The quantitative estimate of drug-likeness (QED) is 0.414. The lowest BCUT2D eigenvalue weighted by atomic mass is 10.2. The predicted octanol–water partition coefficient (Wildman–Crippen LogP) is -0.957. The van der Waals surface area contributed by atoms with Crippen LogP contribution < -0.4 is 5.32 Å². The largest absolute Gasteiger partial charge is 0.396 e. The van der Waals surface area contributed by atoms with Crippen LogP contribution in [0, 0.1) is 0 Å². The van der Waals surface area contributed by atoms with E-state index in [0.29, 0.717) is 5.75 Å². The molecule has 2 atom stereocenters. The fourth-order valence-electron chi connectivity index (χ4n) is 0.866. The highest BCUT2D eigenvalue weighted by Gasteiger charge is 2.07. The summed E-state index contributed by atoms with van der Waals surface area (Å²) in [5.41, 5.74) is 0. The summed E-state index contributed by atoms with van der Waals surface area (Å²) in [6, 6.07) is 0.279. The van der Waals surface area contributed by atoms with Crippen LogP contribution in [0.3, 0.4) is 0 Å². The number of aliphatic hydroxyl groups is 3. The van der Waals surface area contributed by atoms with Gasteiger partial charge in [-0.25, -0.2) is 0 Å². The van der Waals surface area contributed by atoms with Gasteiger partial charge in [0.05, 0.1) is 12.7 Å². The van der Waals surface area contributed by atoms with Crippen molar-refractivity contribution in [1.29, 1.82) is 0 Å². The molecule has 13 heavy (non-hydrogen) atoms. The monoisotopic (exact) mass is 209 g/mol. The maximum absolute atomic E-state index is 9.03. The number of aliphatic hydroxyl groups excluding tert-OH is 3. The molecule has 2 unspecified atom stereocenters. The normalized spacial score (nSPS) is 15.7. The molecule has 0 saturated carbocycles.